The van der Waals surface area contributed by atoms with Gasteiger partial charge in [-0.3, -0.25) is 0 Å². The second kappa shape index (κ2) is 4.15. The second-order valence-electron chi connectivity index (χ2n) is 7.46. The van der Waals surface area contributed by atoms with E-state index >= 15 is 0 Å². The highest BCUT2D eigenvalue weighted by Gasteiger charge is 2.59. The van der Waals surface area contributed by atoms with Gasteiger partial charge in [-0.2, -0.15) is 0 Å². The molecule has 19 heavy (non-hydrogen) atoms. The summed E-state index contributed by atoms with van der Waals surface area (Å²) in [7, 11) is 0. The summed E-state index contributed by atoms with van der Waals surface area (Å²) < 4.78 is 0. The van der Waals surface area contributed by atoms with Gasteiger partial charge in [-0.1, -0.05) is 38.4 Å². The minimum absolute atomic E-state index is 0.379. The van der Waals surface area contributed by atoms with Crippen LogP contribution in [0.1, 0.15) is 45.6 Å². The number of nitrogens with one attached hydrogen (secondary N) is 1. The van der Waals surface area contributed by atoms with Crippen molar-refractivity contribution in [1.82, 2.24) is 0 Å². The van der Waals surface area contributed by atoms with Crippen LogP contribution in [-0.4, -0.2) is 6.04 Å². The Morgan fingerprint density at radius 2 is 2.00 bits per heavy atom. The maximum Gasteiger partial charge on any atom is 0.0455 e. The van der Waals surface area contributed by atoms with Gasteiger partial charge in [-0.05, 0) is 60.6 Å². The lowest BCUT2D eigenvalue weighted by molar-refractivity contribution is 0.155. The van der Waals surface area contributed by atoms with Gasteiger partial charge < -0.3 is 5.32 Å². The summed E-state index contributed by atoms with van der Waals surface area (Å²) in [5.41, 5.74) is 3.14. The summed E-state index contributed by atoms with van der Waals surface area (Å²) in [6, 6.07) is 6.89. The molecular weight excluding hydrogens is 254 g/mol. The number of rotatable bonds is 2. The molecule has 1 nitrogen and oxygen atoms in total. The van der Waals surface area contributed by atoms with Crippen LogP contribution in [0, 0.1) is 23.7 Å². The fraction of sp³-hybridized carbons (Fsp3) is 0.647. The van der Waals surface area contributed by atoms with Gasteiger partial charge in [0.25, 0.3) is 0 Å². The number of aryl methyl sites for hydroxylation is 1. The molecule has 2 fully saturated rings. The first-order chi connectivity index (χ1) is 8.83. The quantitative estimate of drug-likeness (QED) is 0.776. The van der Waals surface area contributed by atoms with Crippen molar-refractivity contribution in [2.24, 2.45) is 16.7 Å². The number of hydrogen-bond donors (Lipinski definition) is 1. The van der Waals surface area contributed by atoms with Crippen LogP contribution in [0.5, 0.6) is 0 Å². The van der Waals surface area contributed by atoms with Gasteiger partial charge in [0, 0.05) is 16.8 Å². The molecule has 1 aromatic carbocycles. The zero-order valence-corrected chi connectivity index (χ0v) is 13.1. The highest BCUT2D eigenvalue weighted by atomic mass is 35.5. The van der Waals surface area contributed by atoms with Gasteiger partial charge in [-0.15, -0.1) is 0 Å². The van der Waals surface area contributed by atoms with Crippen LogP contribution >= 0.6 is 11.6 Å². The Morgan fingerprint density at radius 1 is 1.26 bits per heavy atom. The number of anilines is 1. The Morgan fingerprint density at radius 3 is 2.58 bits per heavy atom. The van der Waals surface area contributed by atoms with Gasteiger partial charge in [-0.25, -0.2) is 0 Å². The van der Waals surface area contributed by atoms with Crippen molar-refractivity contribution in [3.05, 3.63) is 28.8 Å². The summed E-state index contributed by atoms with van der Waals surface area (Å²) in [5, 5.41) is 4.64. The van der Waals surface area contributed by atoms with E-state index in [-0.39, 0.29) is 0 Å². The molecule has 0 aromatic heterocycles. The van der Waals surface area contributed by atoms with Crippen molar-refractivity contribution in [3.63, 3.8) is 0 Å². The SMILES string of the molecule is Cc1ccc(NC2C3(C)CCC(C3)C2(C)C)cc1Cl. The molecular formula is C17H24ClN. The summed E-state index contributed by atoms with van der Waals surface area (Å²) >= 11 is 6.24. The molecule has 0 radical (unpaired) electrons. The Bertz CT molecular complexity index is 503. The number of hydrogen-bond acceptors (Lipinski definition) is 1. The average Bonchev–Trinajstić information content (AvgIpc) is 2.80. The fourth-order valence-electron chi connectivity index (χ4n) is 4.51. The van der Waals surface area contributed by atoms with Crippen LogP contribution in [0.4, 0.5) is 5.69 Å². The monoisotopic (exact) mass is 277 g/mol. The van der Waals surface area contributed by atoms with E-state index in [1.807, 2.05) is 0 Å². The standard InChI is InChI=1S/C17H24ClN/c1-11-5-6-13(9-14(11)18)19-15-16(2,3)12-7-8-17(15,4)10-12/h5-6,9,12,15,19H,7-8,10H2,1-4H3. The summed E-state index contributed by atoms with van der Waals surface area (Å²) in [4.78, 5) is 0. The van der Waals surface area contributed by atoms with Crippen molar-refractivity contribution < 1.29 is 0 Å². The second-order valence-corrected chi connectivity index (χ2v) is 7.86. The van der Waals surface area contributed by atoms with Gasteiger partial charge in [0.1, 0.15) is 0 Å². The summed E-state index contributed by atoms with van der Waals surface area (Å²) in [5.74, 6) is 0.871. The molecule has 1 N–H and O–H groups in total. The lowest BCUT2D eigenvalue weighted by Crippen LogP contribution is -2.45. The van der Waals surface area contributed by atoms with Gasteiger partial charge >= 0.3 is 0 Å². The molecule has 0 heterocycles. The summed E-state index contributed by atoms with van der Waals surface area (Å²) in [6.45, 7) is 9.36. The molecule has 3 rings (SSSR count). The maximum atomic E-state index is 6.24. The van der Waals surface area contributed by atoms with E-state index in [0.29, 0.717) is 16.9 Å². The molecule has 3 unspecified atom stereocenters. The van der Waals surface area contributed by atoms with Crippen LogP contribution in [0.3, 0.4) is 0 Å². The van der Waals surface area contributed by atoms with Crippen molar-refractivity contribution >= 4 is 17.3 Å². The van der Waals surface area contributed by atoms with Crippen LogP contribution in [-0.2, 0) is 0 Å². The van der Waals surface area contributed by atoms with Gasteiger partial charge in [0.2, 0.25) is 0 Å². The highest BCUT2D eigenvalue weighted by molar-refractivity contribution is 6.31. The molecule has 2 saturated carbocycles. The topological polar surface area (TPSA) is 12.0 Å². The zero-order valence-electron chi connectivity index (χ0n) is 12.4. The average molecular weight is 278 g/mol. The zero-order chi connectivity index (χ0) is 13.8. The van der Waals surface area contributed by atoms with E-state index in [2.05, 4.69) is 51.2 Å². The van der Waals surface area contributed by atoms with Crippen molar-refractivity contribution in [1.29, 1.82) is 0 Å². The molecule has 1 aromatic rings. The molecule has 104 valence electrons. The molecule has 0 amide bonds. The first-order valence-electron chi connectivity index (χ1n) is 7.36. The van der Waals surface area contributed by atoms with E-state index in [4.69, 9.17) is 11.6 Å². The Labute approximate surface area is 121 Å². The fourth-order valence-corrected chi connectivity index (χ4v) is 4.69. The first-order valence-corrected chi connectivity index (χ1v) is 7.73. The van der Waals surface area contributed by atoms with Crippen LogP contribution in [0.25, 0.3) is 0 Å². The third-order valence-electron chi connectivity index (χ3n) is 5.75. The van der Waals surface area contributed by atoms with E-state index < -0.39 is 0 Å². The van der Waals surface area contributed by atoms with E-state index in [1.165, 1.54) is 24.9 Å². The van der Waals surface area contributed by atoms with Gasteiger partial charge in [0.05, 0.1) is 0 Å². The number of fused-ring (bicyclic) bond motifs is 2. The largest absolute Gasteiger partial charge is 0.381 e. The summed E-state index contributed by atoms with van der Waals surface area (Å²) in [6.07, 6.45) is 4.13. The van der Waals surface area contributed by atoms with Crippen LogP contribution in [0.15, 0.2) is 18.2 Å². The molecule has 2 bridgehead atoms. The molecule has 2 heteroatoms. The third kappa shape index (κ3) is 1.98. The Hall–Kier alpha value is -0.690. The molecule has 0 saturated heterocycles. The van der Waals surface area contributed by atoms with E-state index in [1.54, 1.807) is 0 Å². The normalized spacial score (nSPS) is 35.6. The first kappa shape index (κ1) is 13.3. The predicted molar refractivity (Wildman–Crippen MR) is 82.8 cm³/mol. The van der Waals surface area contributed by atoms with E-state index in [0.717, 1.165) is 16.5 Å². The smallest absolute Gasteiger partial charge is 0.0455 e. The van der Waals surface area contributed by atoms with Crippen LogP contribution in [0.2, 0.25) is 5.02 Å². The Balaban J connectivity index is 1.88. The minimum atomic E-state index is 0.379. The van der Waals surface area contributed by atoms with Crippen molar-refractivity contribution in [3.8, 4) is 0 Å². The molecule has 0 spiro atoms. The molecule has 0 aliphatic heterocycles. The van der Waals surface area contributed by atoms with E-state index in [9.17, 15) is 0 Å². The number of halogens is 1. The van der Waals surface area contributed by atoms with Gasteiger partial charge in [0.15, 0.2) is 0 Å². The number of benzene rings is 1. The van der Waals surface area contributed by atoms with Crippen molar-refractivity contribution in [2.45, 2.75) is 53.0 Å². The highest BCUT2D eigenvalue weighted by Crippen LogP contribution is 2.63. The molecule has 3 atom stereocenters. The lowest BCUT2D eigenvalue weighted by atomic mass is 9.68. The lowest BCUT2D eigenvalue weighted by Gasteiger charge is -2.43. The molecule has 2 aliphatic carbocycles. The predicted octanol–water partition coefficient (Wildman–Crippen LogP) is 5.28. The van der Waals surface area contributed by atoms with Crippen molar-refractivity contribution in [2.75, 3.05) is 5.32 Å². The molecule has 2 aliphatic rings. The third-order valence-corrected chi connectivity index (χ3v) is 6.16. The Kier molecular flexibility index (Phi) is 2.91. The minimum Gasteiger partial charge on any atom is -0.381 e. The maximum absolute atomic E-state index is 6.24. The van der Waals surface area contributed by atoms with Crippen LogP contribution < -0.4 is 5.32 Å².